The molecule has 2 atom stereocenters. The molecule has 0 spiro atoms. The monoisotopic (exact) mass is 242 g/mol. The third kappa shape index (κ3) is 3.55. The number of nitrogens with zero attached hydrogens (tertiary/aromatic N) is 1. The zero-order chi connectivity index (χ0) is 8.39. The van der Waals surface area contributed by atoms with Gasteiger partial charge in [-0.3, -0.25) is 4.90 Å². The Bertz CT molecular complexity index is 154. The number of aliphatic hydroxyl groups is 1. The molecule has 2 N–H and O–H groups in total. The molecule has 86 valence electrons. The van der Waals surface area contributed by atoms with Crippen LogP contribution in [-0.4, -0.2) is 48.3 Å². The summed E-state index contributed by atoms with van der Waals surface area (Å²) < 4.78 is 0. The summed E-state index contributed by atoms with van der Waals surface area (Å²) in [7, 11) is 0. The number of piperidine rings is 1. The van der Waals surface area contributed by atoms with Gasteiger partial charge in [0.2, 0.25) is 0 Å². The van der Waals surface area contributed by atoms with Crippen LogP contribution >= 0.6 is 24.8 Å². The maximum atomic E-state index is 9.48. The van der Waals surface area contributed by atoms with Crippen molar-refractivity contribution in [1.82, 2.24) is 10.2 Å². The van der Waals surface area contributed by atoms with Crippen LogP contribution in [0.2, 0.25) is 0 Å². The van der Waals surface area contributed by atoms with E-state index in [0.29, 0.717) is 6.04 Å². The summed E-state index contributed by atoms with van der Waals surface area (Å²) in [5, 5.41) is 12.8. The van der Waals surface area contributed by atoms with Crippen LogP contribution in [0.5, 0.6) is 0 Å². The summed E-state index contributed by atoms with van der Waals surface area (Å²) in [4.78, 5) is 2.44. The third-order valence-electron chi connectivity index (χ3n) is 2.98. The van der Waals surface area contributed by atoms with Crippen LogP contribution in [0.15, 0.2) is 0 Å². The summed E-state index contributed by atoms with van der Waals surface area (Å²) in [5.74, 6) is 0. The molecule has 2 fully saturated rings. The Balaban J connectivity index is 0.000000845. The lowest BCUT2D eigenvalue weighted by Gasteiger charge is -2.34. The lowest BCUT2D eigenvalue weighted by atomic mass is 10.1. The zero-order valence-electron chi connectivity index (χ0n) is 8.32. The number of aliphatic hydroxyl groups excluding tert-OH is 1. The van der Waals surface area contributed by atoms with E-state index in [2.05, 4.69) is 10.2 Å². The van der Waals surface area contributed by atoms with Gasteiger partial charge in [0.25, 0.3) is 0 Å². The van der Waals surface area contributed by atoms with Crippen molar-refractivity contribution < 1.29 is 5.11 Å². The van der Waals surface area contributed by atoms with E-state index in [1.807, 2.05) is 0 Å². The molecule has 0 aromatic heterocycles. The molecule has 0 aromatic carbocycles. The lowest BCUT2D eigenvalue weighted by molar-refractivity contribution is 0.0509. The van der Waals surface area contributed by atoms with Crippen molar-refractivity contribution in [3.05, 3.63) is 0 Å². The molecule has 3 nitrogen and oxygen atoms in total. The number of hydrogen-bond donors (Lipinski definition) is 2. The van der Waals surface area contributed by atoms with Crippen molar-refractivity contribution in [2.75, 3.05) is 26.2 Å². The summed E-state index contributed by atoms with van der Waals surface area (Å²) in [6, 6.07) is 0.694. The predicted molar refractivity (Wildman–Crippen MR) is 62.6 cm³/mol. The average Bonchev–Trinajstić information content (AvgIpc) is 2.56. The normalized spacial score (nSPS) is 33.2. The van der Waals surface area contributed by atoms with Crippen molar-refractivity contribution in [2.24, 2.45) is 0 Å². The van der Waals surface area contributed by atoms with Gasteiger partial charge in [0.05, 0.1) is 6.10 Å². The fourth-order valence-electron chi connectivity index (χ4n) is 2.27. The van der Waals surface area contributed by atoms with Gasteiger partial charge in [-0.2, -0.15) is 0 Å². The van der Waals surface area contributed by atoms with Gasteiger partial charge in [0.1, 0.15) is 0 Å². The Hall–Kier alpha value is 0.460. The minimum atomic E-state index is -0.0700. The lowest BCUT2D eigenvalue weighted by Crippen LogP contribution is -2.45. The van der Waals surface area contributed by atoms with Crippen molar-refractivity contribution in [3.63, 3.8) is 0 Å². The SMILES string of the molecule is Cl.Cl.OC1CCCN(C2CCNC2)C1. The first-order chi connectivity index (χ1) is 5.86. The van der Waals surface area contributed by atoms with Crippen molar-refractivity contribution in [3.8, 4) is 0 Å². The van der Waals surface area contributed by atoms with Crippen molar-refractivity contribution in [1.29, 1.82) is 0 Å². The second-order valence-corrected chi connectivity index (χ2v) is 3.94. The number of halogens is 2. The Kier molecular flexibility index (Phi) is 7.08. The maximum Gasteiger partial charge on any atom is 0.0667 e. The molecule has 2 saturated heterocycles. The zero-order valence-corrected chi connectivity index (χ0v) is 9.95. The quantitative estimate of drug-likeness (QED) is 0.709. The first kappa shape index (κ1) is 14.5. The topological polar surface area (TPSA) is 35.5 Å². The second-order valence-electron chi connectivity index (χ2n) is 3.94. The molecule has 2 unspecified atom stereocenters. The standard InChI is InChI=1S/C9H18N2O.2ClH/c12-9-2-1-5-11(7-9)8-3-4-10-6-8;;/h8-10,12H,1-7H2;2*1H. The Labute approximate surface area is 98.1 Å². The molecule has 5 heteroatoms. The largest absolute Gasteiger partial charge is 0.392 e. The highest BCUT2D eigenvalue weighted by atomic mass is 35.5. The molecule has 0 bridgehead atoms. The molecule has 2 heterocycles. The summed E-state index contributed by atoms with van der Waals surface area (Å²) in [5.41, 5.74) is 0. The van der Waals surface area contributed by atoms with Crippen LogP contribution in [0.1, 0.15) is 19.3 Å². The van der Waals surface area contributed by atoms with Crippen LogP contribution in [0.25, 0.3) is 0 Å². The third-order valence-corrected chi connectivity index (χ3v) is 2.98. The summed E-state index contributed by atoms with van der Waals surface area (Å²) in [6.07, 6.45) is 3.35. The molecule has 2 aliphatic heterocycles. The van der Waals surface area contributed by atoms with Gasteiger partial charge in [0.15, 0.2) is 0 Å². The summed E-state index contributed by atoms with van der Waals surface area (Å²) >= 11 is 0. The molecule has 0 amide bonds. The number of rotatable bonds is 1. The molecule has 0 radical (unpaired) electrons. The van der Waals surface area contributed by atoms with E-state index in [9.17, 15) is 5.11 Å². The molecule has 2 aliphatic rings. The highest BCUT2D eigenvalue weighted by Gasteiger charge is 2.26. The smallest absolute Gasteiger partial charge is 0.0667 e. The fraction of sp³-hybridized carbons (Fsp3) is 1.00. The minimum Gasteiger partial charge on any atom is -0.392 e. The van der Waals surface area contributed by atoms with Gasteiger partial charge in [-0.1, -0.05) is 0 Å². The average molecular weight is 243 g/mol. The molecule has 0 aromatic rings. The number of likely N-dealkylation sites (tertiary alicyclic amines) is 1. The second kappa shape index (κ2) is 6.85. The van der Waals surface area contributed by atoms with E-state index < -0.39 is 0 Å². The maximum absolute atomic E-state index is 9.48. The Morgan fingerprint density at radius 1 is 1.21 bits per heavy atom. The Morgan fingerprint density at radius 2 is 2.00 bits per heavy atom. The number of hydrogen-bond acceptors (Lipinski definition) is 3. The van der Waals surface area contributed by atoms with E-state index in [4.69, 9.17) is 0 Å². The van der Waals surface area contributed by atoms with E-state index in [1.54, 1.807) is 0 Å². The summed E-state index contributed by atoms with van der Waals surface area (Å²) in [6.45, 7) is 4.35. The first-order valence-corrected chi connectivity index (χ1v) is 4.99. The molecule has 14 heavy (non-hydrogen) atoms. The number of nitrogens with one attached hydrogen (secondary N) is 1. The van der Waals surface area contributed by atoms with Crippen LogP contribution in [0.3, 0.4) is 0 Å². The molecule has 0 saturated carbocycles. The van der Waals surface area contributed by atoms with Crippen LogP contribution in [0, 0.1) is 0 Å². The highest BCUT2D eigenvalue weighted by Crippen LogP contribution is 2.16. The van der Waals surface area contributed by atoms with Gasteiger partial charge >= 0.3 is 0 Å². The van der Waals surface area contributed by atoms with Crippen LogP contribution in [0.4, 0.5) is 0 Å². The van der Waals surface area contributed by atoms with Crippen LogP contribution in [-0.2, 0) is 0 Å². The predicted octanol–water partition coefficient (Wildman–Crippen LogP) is 0.649. The van der Waals surface area contributed by atoms with E-state index in [0.717, 1.165) is 32.5 Å². The van der Waals surface area contributed by atoms with Crippen LogP contribution < -0.4 is 5.32 Å². The van der Waals surface area contributed by atoms with Gasteiger partial charge in [-0.15, -0.1) is 24.8 Å². The van der Waals surface area contributed by atoms with Gasteiger partial charge < -0.3 is 10.4 Å². The van der Waals surface area contributed by atoms with E-state index in [-0.39, 0.29) is 30.9 Å². The van der Waals surface area contributed by atoms with Gasteiger partial charge in [0, 0.05) is 19.1 Å². The molecule has 0 aliphatic carbocycles. The van der Waals surface area contributed by atoms with Gasteiger partial charge in [-0.05, 0) is 32.4 Å². The minimum absolute atomic E-state index is 0. The van der Waals surface area contributed by atoms with Crippen molar-refractivity contribution in [2.45, 2.75) is 31.4 Å². The highest BCUT2D eigenvalue weighted by molar-refractivity contribution is 5.85. The number of β-amino-alcohol motifs (C(OH)–C–C–N with tert-alkyl or cyclic N) is 1. The fourth-order valence-corrected chi connectivity index (χ4v) is 2.27. The van der Waals surface area contributed by atoms with Crippen molar-refractivity contribution >= 4 is 24.8 Å². The Morgan fingerprint density at radius 3 is 2.57 bits per heavy atom. The first-order valence-electron chi connectivity index (χ1n) is 4.99. The molecular weight excluding hydrogens is 223 g/mol. The van der Waals surface area contributed by atoms with Gasteiger partial charge in [-0.25, -0.2) is 0 Å². The molecular formula is C9H20Cl2N2O. The molecule has 2 rings (SSSR count). The van der Waals surface area contributed by atoms with E-state index in [1.165, 1.54) is 13.0 Å². The van der Waals surface area contributed by atoms with E-state index >= 15 is 0 Å².